The first-order valence-corrected chi connectivity index (χ1v) is 7.20. The quantitative estimate of drug-likeness (QED) is 0.470. The van der Waals surface area contributed by atoms with Crippen LogP contribution in [0.5, 0.6) is 0 Å². The summed E-state index contributed by atoms with van der Waals surface area (Å²) < 4.78 is 7.77. The maximum atomic E-state index is 11.3. The van der Waals surface area contributed by atoms with Gasteiger partial charge >= 0.3 is 11.7 Å². The number of esters is 1. The van der Waals surface area contributed by atoms with Crippen LogP contribution >= 0.6 is 15.9 Å². The van der Waals surface area contributed by atoms with E-state index in [0.29, 0.717) is 39.9 Å². The number of benzene rings is 1. The first-order chi connectivity index (χ1) is 9.90. The topological polar surface area (TPSA) is 87.3 Å². The summed E-state index contributed by atoms with van der Waals surface area (Å²) in [6.07, 6.45) is 0.200. The number of carbonyl (C=O) groups excluding carboxylic acids is 1. The molecule has 0 spiro atoms. The number of rotatable bonds is 2. The van der Waals surface area contributed by atoms with E-state index < -0.39 is 11.0 Å². The Bertz CT molecular complexity index is 784. The molecule has 0 fully saturated rings. The number of aromatic nitrogens is 2. The van der Waals surface area contributed by atoms with Crippen LogP contribution in [-0.4, -0.2) is 20.4 Å². The Morgan fingerprint density at radius 3 is 2.95 bits per heavy atom. The molecule has 0 aliphatic carbocycles. The first-order valence-electron chi connectivity index (χ1n) is 6.41. The zero-order chi connectivity index (χ0) is 15.3. The normalized spacial score (nSPS) is 17.0. The molecule has 0 N–H and O–H groups in total. The molecule has 2 heterocycles. The molecule has 1 atom stereocenters. The number of halogens is 1. The molecule has 3 rings (SSSR count). The molecule has 0 radical (unpaired) electrons. The van der Waals surface area contributed by atoms with Gasteiger partial charge in [0.25, 0.3) is 0 Å². The van der Waals surface area contributed by atoms with Gasteiger partial charge < -0.3 is 9.30 Å². The van der Waals surface area contributed by atoms with Crippen LogP contribution in [-0.2, 0) is 16.1 Å². The second kappa shape index (κ2) is 4.80. The fourth-order valence-corrected chi connectivity index (χ4v) is 3.12. The highest BCUT2D eigenvalue weighted by Crippen LogP contribution is 2.39. The summed E-state index contributed by atoms with van der Waals surface area (Å²) in [5.41, 5.74) is 1.55. The van der Waals surface area contributed by atoms with Crippen LogP contribution in [0.3, 0.4) is 0 Å². The summed E-state index contributed by atoms with van der Waals surface area (Å²) >= 11 is 3.35. The molecule has 0 saturated heterocycles. The van der Waals surface area contributed by atoms with E-state index in [2.05, 4.69) is 20.9 Å². The Labute approximate surface area is 128 Å². The van der Waals surface area contributed by atoms with E-state index in [9.17, 15) is 14.9 Å². The van der Waals surface area contributed by atoms with Crippen LogP contribution in [0.4, 0.5) is 5.69 Å². The first kappa shape index (κ1) is 14.0. The smallest absolute Gasteiger partial charge is 0.303 e. The SMILES string of the molecule is CC(=O)OC1CCn2c1nc1c([N+](=O)[O-])c(C)c(Br)cc12. The largest absolute Gasteiger partial charge is 0.454 e. The van der Waals surface area contributed by atoms with Gasteiger partial charge in [0, 0.05) is 29.9 Å². The second-order valence-corrected chi connectivity index (χ2v) is 5.82. The maximum absolute atomic E-state index is 11.3. The second-order valence-electron chi connectivity index (χ2n) is 4.97. The summed E-state index contributed by atoms with van der Waals surface area (Å²) in [5.74, 6) is 0.188. The number of fused-ring (bicyclic) bond motifs is 3. The number of ether oxygens (including phenoxy) is 1. The Kier molecular flexibility index (Phi) is 3.20. The fourth-order valence-electron chi connectivity index (χ4n) is 2.71. The number of hydrogen-bond acceptors (Lipinski definition) is 5. The van der Waals surface area contributed by atoms with Crippen molar-refractivity contribution in [3.63, 3.8) is 0 Å². The predicted molar refractivity (Wildman–Crippen MR) is 77.9 cm³/mol. The molecular formula is C13H12BrN3O4. The monoisotopic (exact) mass is 353 g/mol. The summed E-state index contributed by atoms with van der Waals surface area (Å²) in [6.45, 7) is 3.64. The van der Waals surface area contributed by atoms with Crippen molar-refractivity contribution < 1.29 is 14.5 Å². The van der Waals surface area contributed by atoms with Crippen LogP contribution in [0.15, 0.2) is 10.5 Å². The van der Waals surface area contributed by atoms with Crippen LogP contribution < -0.4 is 0 Å². The molecule has 1 aromatic carbocycles. The van der Waals surface area contributed by atoms with E-state index in [1.54, 1.807) is 6.92 Å². The minimum absolute atomic E-state index is 0.0112. The maximum Gasteiger partial charge on any atom is 0.303 e. The molecule has 7 nitrogen and oxygen atoms in total. The molecule has 1 aromatic heterocycles. The van der Waals surface area contributed by atoms with Gasteiger partial charge in [-0.3, -0.25) is 14.9 Å². The predicted octanol–water partition coefficient (Wildman–Crippen LogP) is 3.02. The average molecular weight is 354 g/mol. The lowest BCUT2D eigenvalue weighted by Crippen LogP contribution is -2.06. The minimum atomic E-state index is -0.436. The molecular weight excluding hydrogens is 342 g/mol. The van der Waals surface area contributed by atoms with E-state index in [-0.39, 0.29) is 11.7 Å². The van der Waals surface area contributed by atoms with Gasteiger partial charge in [-0.15, -0.1) is 0 Å². The molecule has 0 bridgehead atoms. The molecule has 1 aliphatic heterocycles. The van der Waals surface area contributed by atoms with Crippen LogP contribution in [0.25, 0.3) is 11.0 Å². The van der Waals surface area contributed by atoms with Gasteiger partial charge in [0.15, 0.2) is 17.4 Å². The lowest BCUT2D eigenvalue weighted by molar-refractivity contribution is -0.383. The number of imidazole rings is 1. The molecule has 8 heteroatoms. The lowest BCUT2D eigenvalue weighted by atomic mass is 10.1. The lowest BCUT2D eigenvalue weighted by Gasteiger charge is -2.07. The molecule has 0 saturated carbocycles. The van der Waals surface area contributed by atoms with E-state index in [0.717, 1.165) is 0 Å². The molecule has 2 aromatic rings. The molecule has 110 valence electrons. The number of nitro groups is 1. The van der Waals surface area contributed by atoms with Gasteiger partial charge in [0.2, 0.25) is 0 Å². The molecule has 1 aliphatic rings. The van der Waals surface area contributed by atoms with Crippen molar-refractivity contribution in [1.29, 1.82) is 0 Å². The third-order valence-electron chi connectivity index (χ3n) is 3.63. The zero-order valence-corrected chi connectivity index (χ0v) is 13.0. The van der Waals surface area contributed by atoms with E-state index in [1.807, 2.05) is 10.6 Å². The van der Waals surface area contributed by atoms with Crippen molar-refractivity contribution >= 4 is 38.6 Å². The van der Waals surface area contributed by atoms with Gasteiger partial charge in [0.05, 0.1) is 10.4 Å². The molecule has 21 heavy (non-hydrogen) atoms. The van der Waals surface area contributed by atoms with Crippen LogP contribution in [0, 0.1) is 17.0 Å². The minimum Gasteiger partial charge on any atom is -0.454 e. The summed E-state index contributed by atoms with van der Waals surface area (Å²) in [5, 5.41) is 11.3. The Balaban J connectivity index is 2.25. The highest BCUT2D eigenvalue weighted by molar-refractivity contribution is 9.10. The van der Waals surface area contributed by atoms with E-state index in [1.165, 1.54) is 6.92 Å². The van der Waals surface area contributed by atoms with Crippen LogP contribution in [0.2, 0.25) is 0 Å². The fraction of sp³-hybridized carbons (Fsp3) is 0.385. The zero-order valence-electron chi connectivity index (χ0n) is 11.4. The number of nitrogens with zero attached hydrogens (tertiary/aromatic N) is 3. The Morgan fingerprint density at radius 2 is 2.33 bits per heavy atom. The Hall–Kier alpha value is -1.96. The number of hydrogen-bond donors (Lipinski definition) is 0. The summed E-state index contributed by atoms with van der Waals surface area (Å²) in [6, 6.07) is 1.82. The van der Waals surface area contributed by atoms with Crippen molar-refractivity contribution in [3.05, 3.63) is 32.0 Å². The van der Waals surface area contributed by atoms with E-state index in [4.69, 9.17) is 4.74 Å². The third-order valence-corrected chi connectivity index (χ3v) is 4.45. The van der Waals surface area contributed by atoms with Gasteiger partial charge in [0.1, 0.15) is 0 Å². The highest BCUT2D eigenvalue weighted by atomic mass is 79.9. The third kappa shape index (κ3) is 2.10. The van der Waals surface area contributed by atoms with Gasteiger partial charge in [-0.25, -0.2) is 4.98 Å². The van der Waals surface area contributed by atoms with Crippen molar-refractivity contribution in [2.45, 2.75) is 32.9 Å². The van der Waals surface area contributed by atoms with Gasteiger partial charge in [-0.2, -0.15) is 0 Å². The molecule has 0 amide bonds. The Morgan fingerprint density at radius 1 is 1.62 bits per heavy atom. The average Bonchev–Trinajstić information content (AvgIpc) is 2.91. The van der Waals surface area contributed by atoms with Crippen molar-refractivity contribution in [2.75, 3.05) is 0 Å². The highest BCUT2D eigenvalue weighted by Gasteiger charge is 2.32. The van der Waals surface area contributed by atoms with Crippen molar-refractivity contribution in [1.82, 2.24) is 9.55 Å². The summed E-state index contributed by atoms with van der Waals surface area (Å²) in [4.78, 5) is 26.4. The van der Waals surface area contributed by atoms with Gasteiger partial charge in [-0.1, -0.05) is 15.9 Å². The standard InChI is InChI=1S/C13H12BrN3O4/c1-6-8(14)5-9-11(12(6)17(19)20)15-13-10(21-7(2)18)3-4-16(9)13/h5,10H,3-4H2,1-2H3. The summed E-state index contributed by atoms with van der Waals surface area (Å²) in [7, 11) is 0. The number of nitro benzene ring substituents is 1. The van der Waals surface area contributed by atoms with Crippen molar-refractivity contribution in [2.24, 2.45) is 0 Å². The van der Waals surface area contributed by atoms with Gasteiger partial charge in [-0.05, 0) is 13.0 Å². The number of aryl methyl sites for hydroxylation is 1. The van der Waals surface area contributed by atoms with E-state index >= 15 is 0 Å². The van der Waals surface area contributed by atoms with Crippen molar-refractivity contribution in [3.8, 4) is 0 Å². The molecule has 1 unspecified atom stereocenters. The van der Waals surface area contributed by atoms with Crippen LogP contribution in [0.1, 0.15) is 30.8 Å². The number of carbonyl (C=O) groups is 1.